The van der Waals surface area contributed by atoms with E-state index in [-0.39, 0.29) is 11.6 Å². The second-order valence-electron chi connectivity index (χ2n) is 12.8. The second-order valence-corrected chi connectivity index (χ2v) is 13.9. The summed E-state index contributed by atoms with van der Waals surface area (Å²) in [5, 5.41) is 34.8. The number of ether oxygens (including phenoxy) is 1. The number of carboxylic acid groups (broad SMARTS) is 3. The molecule has 4 aromatic rings. The minimum Gasteiger partial charge on any atom is -0.492 e. The summed E-state index contributed by atoms with van der Waals surface area (Å²) in [4.78, 5) is 60.3. The topological polar surface area (TPSA) is 179 Å². The van der Waals surface area contributed by atoms with Crippen LogP contribution in [0.5, 0.6) is 5.75 Å². The number of likely N-dealkylation sites (tertiary alicyclic amines) is 1. The Labute approximate surface area is 306 Å². The van der Waals surface area contributed by atoms with Gasteiger partial charge in [-0.1, -0.05) is 68.7 Å². The van der Waals surface area contributed by atoms with Crippen LogP contribution in [-0.2, 0) is 14.4 Å². The molecule has 0 radical (unpaired) electrons. The number of ketones is 2. The molecule has 0 amide bonds. The number of thiophene rings is 1. The molecule has 2 heterocycles. The fourth-order valence-corrected chi connectivity index (χ4v) is 7.18. The van der Waals surface area contributed by atoms with Crippen molar-refractivity contribution in [3.05, 3.63) is 89.5 Å². The lowest BCUT2D eigenvalue weighted by Gasteiger charge is -2.19. The zero-order chi connectivity index (χ0) is 37.7. The molecule has 4 N–H and O–H groups in total. The van der Waals surface area contributed by atoms with Gasteiger partial charge >= 0.3 is 17.9 Å². The maximum absolute atomic E-state index is 13.9. The first-order valence-corrected chi connectivity index (χ1v) is 18.3. The number of aliphatic hydroxyl groups is 1. The number of rotatable bonds is 16. The molecule has 0 atom stereocenters. The molecule has 0 aliphatic carbocycles. The summed E-state index contributed by atoms with van der Waals surface area (Å²) >= 11 is 1.62. The molecular weight excluding hydrogens is 687 g/mol. The number of carbonyl (C=O) groups excluding carboxylic acids is 2. The third-order valence-corrected chi connectivity index (χ3v) is 10.0. The van der Waals surface area contributed by atoms with Crippen molar-refractivity contribution in [1.82, 2.24) is 4.90 Å². The molecule has 1 aliphatic heterocycles. The van der Waals surface area contributed by atoms with E-state index in [1.54, 1.807) is 11.3 Å². The van der Waals surface area contributed by atoms with Crippen molar-refractivity contribution in [3.8, 4) is 16.2 Å². The zero-order valence-corrected chi connectivity index (χ0v) is 30.0. The van der Waals surface area contributed by atoms with Crippen molar-refractivity contribution >= 4 is 50.9 Å². The lowest BCUT2D eigenvalue weighted by molar-refractivity contribution is -0.170. The standard InChI is InChI=1S/C34H37NO3S.C6H8O7/c1-2-3-11-30(36)25-13-15-27(16-14-25)34-32(29-10-6-7-12-31(29)39-34)33(37)26-17-19-28(20-18-26)38-24-23-35-21-8-4-5-9-22-35;7-3(8)1-6(13,5(11)12)2-4(9)10/h6-7,10,12-20H,2-5,8-9,11,21-24H2,1H3;13H,1-2H2,(H,7,8)(H,9,10)(H,11,12). The van der Waals surface area contributed by atoms with Crippen molar-refractivity contribution in [3.63, 3.8) is 0 Å². The summed E-state index contributed by atoms with van der Waals surface area (Å²) in [6.45, 7) is 6.00. The maximum atomic E-state index is 13.9. The van der Waals surface area contributed by atoms with Crippen LogP contribution < -0.4 is 4.74 Å². The number of aliphatic carboxylic acids is 3. The maximum Gasteiger partial charge on any atom is 0.336 e. The molecule has 5 rings (SSSR count). The van der Waals surface area contributed by atoms with Crippen LogP contribution in [0.2, 0.25) is 0 Å². The van der Waals surface area contributed by atoms with E-state index in [0.29, 0.717) is 18.6 Å². The normalized spacial score (nSPS) is 13.4. The molecule has 0 spiro atoms. The first kappa shape index (κ1) is 39.9. The van der Waals surface area contributed by atoms with E-state index in [1.165, 1.54) is 25.7 Å². The molecule has 12 heteroatoms. The van der Waals surface area contributed by atoms with Crippen LogP contribution in [0, 0.1) is 0 Å². The predicted octanol–water partition coefficient (Wildman–Crippen LogP) is 7.18. The minimum atomic E-state index is -2.74. The van der Waals surface area contributed by atoms with Gasteiger partial charge in [-0.2, -0.15) is 0 Å². The Balaban J connectivity index is 0.000000398. The molecule has 1 aliphatic rings. The molecule has 0 bridgehead atoms. The Kier molecular flexibility index (Phi) is 14.6. The van der Waals surface area contributed by atoms with Crippen molar-refractivity contribution in [2.24, 2.45) is 0 Å². The summed E-state index contributed by atoms with van der Waals surface area (Å²) in [6, 6.07) is 23.3. The van der Waals surface area contributed by atoms with Gasteiger partial charge in [0.05, 0.1) is 12.8 Å². The highest BCUT2D eigenvalue weighted by atomic mass is 32.1. The molecule has 0 unspecified atom stereocenters. The van der Waals surface area contributed by atoms with Gasteiger partial charge in [0.25, 0.3) is 0 Å². The third kappa shape index (κ3) is 11.0. The number of hydrogen-bond donors (Lipinski definition) is 4. The van der Waals surface area contributed by atoms with E-state index in [4.69, 9.17) is 25.2 Å². The zero-order valence-electron chi connectivity index (χ0n) is 29.2. The monoisotopic (exact) mass is 731 g/mol. The van der Waals surface area contributed by atoms with Gasteiger partial charge in [0.15, 0.2) is 17.2 Å². The smallest absolute Gasteiger partial charge is 0.336 e. The fraction of sp³-hybridized carbons (Fsp3) is 0.375. The first-order valence-electron chi connectivity index (χ1n) is 17.5. The van der Waals surface area contributed by atoms with Gasteiger partial charge in [0.2, 0.25) is 0 Å². The number of carbonyl (C=O) groups is 5. The van der Waals surface area contributed by atoms with Gasteiger partial charge in [-0.25, -0.2) is 4.79 Å². The van der Waals surface area contributed by atoms with Crippen LogP contribution in [0.1, 0.15) is 91.0 Å². The van der Waals surface area contributed by atoms with Crippen molar-refractivity contribution in [2.75, 3.05) is 26.2 Å². The van der Waals surface area contributed by atoms with Crippen LogP contribution in [0.25, 0.3) is 20.5 Å². The molecular formula is C40H45NO10S. The van der Waals surface area contributed by atoms with E-state index in [1.807, 2.05) is 66.7 Å². The van der Waals surface area contributed by atoms with Gasteiger partial charge in [-0.05, 0) is 68.2 Å². The summed E-state index contributed by atoms with van der Waals surface area (Å²) in [7, 11) is 0. The number of carboxylic acids is 3. The van der Waals surface area contributed by atoms with E-state index in [0.717, 1.165) is 69.9 Å². The summed E-state index contributed by atoms with van der Waals surface area (Å²) in [5.74, 6) is -4.05. The van der Waals surface area contributed by atoms with Crippen molar-refractivity contribution in [1.29, 1.82) is 0 Å². The predicted molar refractivity (Wildman–Crippen MR) is 198 cm³/mol. The van der Waals surface area contributed by atoms with Crippen molar-refractivity contribution < 1.29 is 49.1 Å². The number of unbranched alkanes of at least 4 members (excludes halogenated alkanes) is 1. The fourth-order valence-electron chi connectivity index (χ4n) is 5.98. The Morgan fingerprint density at radius 3 is 1.96 bits per heavy atom. The number of Topliss-reactive ketones (excluding diaryl/α,β-unsaturated/α-hetero) is 1. The summed E-state index contributed by atoms with van der Waals surface area (Å²) < 4.78 is 7.09. The molecule has 1 aromatic heterocycles. The van der Waals surface area contributed by atoms with Crippen LogP contribution in [0.3, 0.4) is 0 Å². The summed E-state index contributed by atoms with van der Waals surface area (Å²) in [5.41, 5.74) is 0.312. The first-order chi connectivity index (χ1) is 24.9. The highest BCUT2D eigenvalue weighted by Gasteiger charge is 2.40. The average Bonchev–Trinajstić information content (AvgIpc) is 3.31. The van der Waals surface area contributed by atoms with Gasteiger partial charge in [0, 0.05) is 44.6 Å². The largest absolute Gasteiger partial charge is 0.492 e. The highest BCUT2D eigenvalue weighted by molar-refractivity contribution is 7.22. The van der Waals surface area contributed by atoms with Gasteiger partial charge in [-0.15, -0.1) is 11.3 Å². The van der Waals surface area contributed by atoms with Crippen LogP contribution in [0.15, 0.2) is 72.8 Å². The lowest BCUT2D eigenvalue weighted by atomic mass is 9.96. The quantitative estimate of drug-likeness (QED) is 0.0858. The molecule has 0 saturated carbocycles. The van der Waals surface area contributed by atoms with Gasteiger partial charge in [-0.3, -0.25) is 24.1 Å². The van der Waals surface area contributed by atoms with Crippen LogP contribution in [-0.4, -0.2) is 86.6 Å². The SMILES string of the molecule is CCCCC(=O)c1ccc(-c2sc3ccccc3c2C(=O)c2ccc(OCCN3CCCCCC3)cc2)cc1.O=C(O)CC(O)(CC(=O)O)C(=O)O. The lowest BCUT2D eigenvalue weighted by Crippen LogP contribution is -2.42. The molecule has 3 aromatic carbocycles. The van der Waals surface area contributed by atoms with Gasteiger partial charge in [0.1, 0.15) is 12.4 Å². The molecule has 1 fully saturated rings. The number of hydrogen-bond acceptors (Lipinski definition) is 9. The Hall–Kier alpha value is -4.91. The van der Waals surface area contributed by atoms with E-state index in [2.05, 4.69) is 17.9 Å². The number of nitrogens with zero attached hydrogens (tertiary/aromatic N) is 1. The van der Waals surface area contributed by atoms with E-state index >= 15 is 0 Å². The van der Waals surface area contributed by atoms with Gasteiger partial charge < -0.3 is 25.2 Å². The minimum absolute atomic E-state index is 0.00154. The van der Waals surface area contributed by atoms with Crippen LogP contribution in [0.4, 0.5) is 0 Å². The third-order valence-electron chi connectivity index (χ3n) is 8.83. The molecule has 52 heavy (non-hydrogen) atoms. The Morgan fingerprint density at radius 2 is 1.38 bits per heavy atom. The summed E-state index contributed by atoms with van der Waals surface area (Å²) in [6.07, 6.45) is 5.40. The number of benzene rings is 3. The van der Waals surface area contributed by atoms with E-state index < -0.39 is 36.4 Å². The van der Waals surface area contributed by atoms with Crippen LogP contribution >= 0.6 is 11.3 Å². The average molecular weight is 732 g/mol. The molecule has 11 nitrogen and oxygen atoms in total. The second kappa shape index (κ2) is 19.1. The van der Waals surface area contributed by atoms with Crippen molar-refractivity contribution in [2.45, 2.75) is 70.3 Å². The number of fused-ring (bicyclic) bond motifs is 1. The molecule has 276 valence electrons. The Morgan fingerprint density at radius 1 is 0.788 bits per heavy atom. The van der Waals surface area contributed by atoms with E-state index in [9.17, 15) is 24.0 Å². The highest BCUT2D eigenvalue weighted by Crippen LogP contribution is 2.40. The Bertz CT molecular complexity index is 1820. The molecule has 1 saturated heterocycles.